The first-order chi connectivity index (χ1) is 13.6. The van der Waals surface area contributed by atoms with Crippen molar-refractivity contribution in [2.24, 2.45) is 0 Å². The number of carbonyl (C=O) groups excluding carboxylic acids is 3. The standard InChI is InChI=1S/C21H18N2O5/c24-19(14-28-20(25)13-22-21(26)18-11-6-12-27-18)23-17-10-5-4-9-16(17)15-7-2-1-3-8-15/h1-12H,13-14H2,(H,22,26)(H,23,24). The molecule has 2 aromatic carbocycles. The summed E-state index contributed by atoms with van der Waals surface area (Å²) in [6.07, 6.45) is 1.35. The summed E-state index contributed by atoms with van der Waals surface area (Å²) in [5.74, 6) is -1.66. The first-order valence-corrected chi connectivity index (χ1v) is 8.55. The van der Waals surface area contributed by atoms with Crippen LogP contribution in [0.4, 0.5) is 5.69 Å². The van der Waals surface area contributed by atoms with E-state index in [4.69, 9.17) is 9.15 Å². The number of nitrogens with one attached hydrogen (secondary N) is 2. The third kappa shape index (κ3) is 5.07. The number of esters is 1. The largest absolute Gasteiger partial charge is 0.459 e. The maximum absolute atomic E-state index is 12.1. The van der Waals surface area contributed by atoms with Gasteiger partial charge in [0.1, 0.15) is 6.54 Å². The molecule has 0 unspecified atom stereocenters. The Balaban J connectivity index is 1.50. The van der Waals surface area contributed by atoms with E-state index in [2.05, 4.69) is 10.6 Å². The SMILES string of the molecule is O=C(COC(=O)CNC(=O)c1ccco1)Nc1ccccc1-c1ccccc1. The summed E-state index contributed by atoms with van der Waals surface area (Å²) in [7, 11) is 0. The lowest BCUT2D eigenvalue weighted by molar-refractivity contribution is -0.146. The number of amides is 2. The summed E-state index contributed by atoms with van der Waals surface area (Å²) < 4.78 is 9.80. The van der Waals surface area contributed by atoms with Crippen molar-refractivity contribution in [3.8, 4) is 11.1 Å². The number of hydrogen-bond acceptors (Lipinski definition) is 5. The minimum Gasteiger partial charge on any atom is -0.459 e. The third-order valence-corrected chi connectivity index (χ3v) is 3.79. The first kappa shape index (κ1) is 18.9. The van der Waals surface area contributed by atoms with Crippen LogP contribution >= 0.6 is 0 Å². The zero-order valence-electron chi connectivity index (χ0n) is 14.9. The fourth-order valence-corrected chi connectivity index (χ4v) is 2.49. The Morgan fingerprint density at radius 2 is 1.64 bits per heavy atom. The summed E-state index contributed by atoms with van der Waals surface area (Å²) in [5, 5.41) is 5.08. The second-order valence-corrected chi connectivity index (χ2v) is 5.78. The molecule has 7 nitrogen and oxygen atoms in total. The molecule has 3 aromatic rings. The second kappa shape index (κ2) is 9.18. The van der Waals surface area contributed by atoms with Gasteiger partial charge in [0.2, 0.25) is 0 Å². The van der Waals surface area contributed by atoms with Gasteiger partial charge in [-0.05, 0) is 23.8 Å². The normalized spacial score (nSPS) is 10.1. The average Bonchev–Trinajstić information content (AvgIpc) is 3.26. The van der Waals surface area contributed by atoms with Crippen LogP contribution in [0.1, 0.15) is 10.6 Å². The van der Waals surface area contributed by atoms with Gasteiger partial charge in [-0.2, -0.15) is 0 Å². The fourth-order valence-electron chi connectivity index (χ4n) is 2.49. The maximum atomic E-state index is 12.1. The molecule has 0 atom stereocenters. The van der Waals surface area contributed by atoms with E-state index in [1.807, 2.05) is 42.5 Å². The van der Waals surface area contributed by atoms with Crippen LogP contribution in [0.3, 0.4) is 0 Å². The molecule has 0 saturated carbocycles. The number of hydrogen-bond donors (Lipinski definition) is 2. The molecular formula is C21H18N2O5. The van der Waals surface area contributed by atoms with Gasteiger partial charge >= 0.3 is 5.97 Å². The van der Waals surface area contributed by atoms with E-state index < -0.39 is 24.4 Å². The molecule has 1 aromatic heterocycles. The van der Waals surface area contributed by atoms with E-state index >= 15 is 0 Å². The van der Waals surface area contributed by atoms with Crippen LogP contribution in [0.5, 0.6) is 0 Å². The lowest BCUT2D eigenvalue weighted by Crippen LogP contribution is -2.32. The number of furan rings is 1. The van der Waals surface area contributed by atoms with Gasteiger partial charge in [0, 0.05) is 11.3 Å². The molecule has 2 N–H and O–H groups in total. The monoisotopic (exact) mass is 378 g/mol. The van der Waals surface area contributed by atoms with Crippen molar-refractivity contribution in [3.05, 3.63) is 78.8 Å². The van der Waals surface area contributed by atoms with Crippen molar-refractivity contribution in [1.29, 1.82) is 0 Å². The van der Waals surface area contributed by atoms with E-state index in [9.17, 15) is 14.4 Å². The Labute approximate surface area is 161 Å². The smallest absolute Gasteiger partial charge is 0.325 e. The Hall–Kier alpha value is -3.87. The Kier molecular flexibility index (Phi) is 6.20. The molecule has 0 spiro atoms. The Morgan fingerprint density at radius 3 is 2.39 bits per heavy atom. The molecule has 0 radical (unpaired) electrons. The molecule has 0 aliphatic carbocycles. The highest BCUT2D eigenvalue weighted by Gasteiger charge is 2.13. The molecule has 0 aliphatic rings. The average molecular weight is 378 g/mol. The van der Waals surface area contributed by atoms with Crippen LogP contribution in [0.2, 0.25) is 0 Å². The molecule has 0 fully saturated rings. The molecule has 7 heteroatoms. The van der Waals surface area contributed by atoms with Crippen molar-refractivity contribution in [1.82, 2.24) is 5.32 Å². The Morgan fingerprint density at radius 1 is 0.893 bits per heavy atom. The zero-order valence-corrected chi connectivity index (χ0v) is 14.9. The summed E-state index contributed by atoms with van der Waals surface area (Å²) in [6, 6.07) is 20.0. The highest BCUT2D eigenvalue weighted by Crippen LogP contribution is 2.27. The van der Waals surface area contributed by atoms with E-state index in [-0.39, 0.29) is 12.3 Å². The van der Waals surface area contributed by atoms with Crippen molar-refractivity contribution < 1.29 is 23.5 Å². The van der Waals surface area contributed by atoms with Crippen molar-refractivity contribution in [3.63, 3.8) is 0 Å². The number of benzene rings is 2. The number of carbonyl (C=O) groups is 3. The van der Waals surface area contributed by atoms with Crippen LogP contribution in [0, 0.1) is 0 Å². The van der Waals surface area contributed by atoms with Gasteiger partial charge in [-0.15, -0.1) is 0 Å². The van der Waals surface area contributed by atoms with Gasteiger partial charge in [0.15, 0.2) is 12.4 Å². The van der Waals surface area contributed by atoms with Gasteiger partial charge in [-0.25, -0.2) is 0 Å². The van der Waals surface area contributed by atoms with E-state index in [1.165, 1.54) is 12.3 Å². The van der Waals surface area contributed by atoms with Gasteiger partial charge in [0.25, 0.3) is 11.8 Å². The summed E-state index contributed by atoms with van der Waals surface area (Å²) >= 11 is 0. The summed E-state index contributed by atoms with van der Waals surface area (Å²) in [4.78, 5) is 35.5. The predicted molar refractivity (Wildman–Crippen MR) is 103 cm³/mol. The van der Waals surface area contributed by atoms with Crippen LogP contribution < -0.4 is 10.6 Å². The summed E-state index contributed by atoms with van der Waals surface area (Å²) in [6.45, 7) is -0.827. The highest BCUT2D eigenvalue weighted by atomic mass is 16.5. The highest BCUT2D eigenvalue weighted by molar-refractivity contribution is 5.97. The maximum Gasteiger partial charge on any atom is 0.325 e. The van der Waals surface area contributed by atoms with Crippen LogP contribution in [-0.2, 0) is 14.3 Å². The molecule has 142 valence electrons. The van der Waals surface area contributed by atoms with Gasteiger partial charge in [-0.1, -0.05) is 48.5 Å². The minimum atomic E-state index is -0.730. The second-order valence-electron chi connectivity index (χ2n) is 5.78. The topological polar surface area (TPSA) is 97.6 Å². The van der Waals surface area contributed by atoms with E-state index in [0.29, 0.717) is 5.69 Å². The first-order valence-electron chi connectivity index (χ1n) is 8.55. The molecule has 3 rings (SSSR count). The van der Waals surface area contributed by atoms with Gasteiger partial charge < -0.3 is 19.8 Å². The van der Waals surface area contributed by atoms with Crippen LogP contribution in [0.15, 0.2) is 77.4 Å². The number of para-hydroxylation sites is 1. The van der Waals surface area contributed by atoms with Crippen LogP contribution in [-0.4, -0.2) is 30.9 Å². The Bertz CT molecular complexity index is 952. The lowest BCUT2D eigenvalue weighted by Gasteiger charge is -2.11. The van der Waals surface area contributed by atoms with Crippen LogP contribution in [0.25, 0.3) is 11.1 Å². The zero-order chi connectivity index (χ0) is 19.8. The van der Waals surface area contributed by atoms with Crippen molar-refractivity contribution in [2.45, 2.75) is 0 Å². The summed E-state index contributed by atoms with van der Waals surface area (Å²) in [5.41, 5.74) is 2.42. The van der Waals surface area contributed by atoms with Gasteiger partial charge in [0.05, 0.1) is 6.26 Å². The lowest BCUT2D eigenvalue weighted by atomic mass is 10.0. The molecule has 28 heavy (non-hydrogen) atoms. The molecule has 2 amide bonds. The van der Waals surface area contributed by atoms with Crippen molar-refractivity contribution >= 4 is 23.5 Å². The number of ether oxygens (including phenoxy) is 1. The quantitative estimate of drug-likeness (QED) is 0.616. The third-order valence-electron chi connectivity index (χ3n) is 3.79. The van der Waals surface area contributed by atoms with Gasteiger partial charge in [-0.3, -0.25) is 14.4 Å². The minimum absolute atomic E-state index is 0.0862. The van der Waals surface area contributed by atoms with E-state index in [0.717, 1.165) is 11.1 Å². The molecule has 0 saturated heterocycles. The van der Waals surface area contributed by atoms with Crippen molar-refractivity contribution in [2.75, 3.05) is 18.5 Å². The molecule has 0 aliphatic heterocycles. The molecule has 0 bridgehead atoms. The molecular weight excluding hydrogens is 360 g/mol. The number of anilines is 1. The van der Waals surface area contributed by atoms with E-state index in [1.54, 1.807) is 18.2 Å². The fraction of sp³-hybridized carbons (Fsp3) is 0.0952. The molecule has 1 heterocycles. The predicted octanol–water partition coefficient (Wildman–Crippen LogP) is 2.86. The number of rotatable bonds is 7.